The average molecular weight is 394 g/mol. The molecule has 5 rings (SSSR count). The topological polar surface area (TPSA) is 30.2 Å². The van der Waals surface area contributed by atoms with Crippen molar-refractivity contribution in [3.05, 3.63) is 76.6 Å². The number of hydrogen-bond acceptors (Lipinski definition) is 4. The van der Waals surface area contributed by atoms with Gasteiger partial charge in [0.25, 0.3) is 0 Å². The van der Waals surface area contributed by atoms with Crippen LogP contribution in [-0.2, 0) is 0 Å². The van der Waals surface area contributed by atoms with Crippen LogP contribution in [-0.4, -0.2) is 14.4 Å². The van der Waals surface area contributed by atoms with Gasteiger partial charge in [-0.2, -0.15) is 0 Å². The van der Waals surface area contributed by atoms with Gasteiger partial charge >= 0.3 is 0 Å². The van der Waals surface area contributed by atoms with Gasteiger partial charge in [0, 0.05) is 33.1 Å². The van der Waals surface area contributed by atoms with Gasteiger partial charge in [-0.1, -0.05) is 54.1 Å². The molecule has 26 heavy (non-hydrogen) atoms. The molecule has 0 saturated carbocycles. The maximum atomic E-state index is 5.98. The highest BCUT2D eigenvalue weighted by Crippen LogP contribution is 2.33. The Balaban J connectivity index is 1.55. The highest BCUT2D eigenvalue weighted by molar-refractivity contribution is 7.16. The predicted molar refractivity (Wildman–Crippen MR) is 110 cm³/mol. The van der Waals surface area contributed by atoms with E-state index in [0.717, 1.165) is 43.2 Å². The summed E-state index contributed by atoms with van der Waals surface area (Å²) in [6.07, 6.45) is 2.08. The lowest BCUT2D eigenvalue weighted by Gasteiger charge is -1.97. The monoisotopic (exact) mass is 393 g/mol. The summed E-state index contributed by atoms with van der Waals surface area (Å²) < 4.78 is 2.12. The summed E-state index contributed by atoms with van der Waals surface area (Å²) in [4.78, 5) is 10.5. The fraction of sp³-hybridized carbons (Fsp3) is 0. The predicted octanol–water partition coefficient (Wildman–Crippen LogP) is 6.51. The molecule has 0 aliphatic heterocycles. The maximum Gasteiger partial charge on any atom is 0.194 e. The lowest BCUT2D eigenvalue weighted by molar-refractivity contribution is 1.22. The molecule has 0 fully saturated rings. The summed E-state index contributed by atoms with van der Waals surface area (Å²) in [5.41, 5.74) is 5.21. The first-order valence-electron chi connectivity index (χ1n) is 8.02. The Hall–Kier alpha value is -2.47. The lowest BCUT2D eigenvalue weighted by Crippen LogP contribution is -1.84. The number of aromatic nitrogens is 3. The van der Waals surface area contributed by atoms with E-state index < -0.39 is 0 Å². The highest BCUT2D eigenvalue weighted by Gasteiger charge is 2.14. The molecule has 0 bridgehead atoms. The number of halogens is 1. The second kappa shape index (κ2) is 6.36. The van der Waals surface area contributed by atoms with E-state index >= 15 is 0 Å². The van der Waals surface area contributed by atoms with Crippen LogP contribution in [0.1, 0.15) is 0 Å². The first-order valence-corrected chi connectivity index (χ1v) is 10.2. The third kappa shape index (κ3) is 2.74. The molecule has 0 spiro atoms. The minimum Gasteiger partial charge on any atom is -0.287 e. The van der Waals surface area contributed by atoms with Crippen LogP contribution in [0.4, 0.5) is 0 Å². The van der Waals surface area contributed by atoms with E-state index in [2.05, 4.69) is 33.5 Å². The van der Waals surface area contributed by atoms with Crippen molar-refractivity contribution in [2.45, 2.75) is 0 Å². The average Bonchev–Trinajstić information content (AvgIpc) is 3.38. The summed E-state index contributed by atoms with van der Waals surface area (Å²) in [7, 11) is 0. The number of rotatable bonds is 3. The second-order valence-corrected chi connectivity index (χ2v) is 7.94. The number of fused-ring (bicyclic) bond motifs is 1. The molecule has 6 heteroatoms. The van der Waals surface area contributed by atoms with E-state index in [1.807, 2.05) is 42.5 Å². The zero-order valence-electron chi connectivity index (χ0n) is 13.5. The highest BCUT2D eigenvalue weighted by atomic mass is 35.5. The van der Waals surface area contributed by atoms with Crippen molar-refractivity contribution in [3.63, 3.8) is 0 Å². The quantitative estimate of drug-likeness (QED) is 0.350. The molecular formula is C20H12ClN3S2. The van der Waals surface area contributed by atoms with Crippen molar-refractivity contribution in [3.8, 4) is 33.2 Å². The molecule has 0 saturated heterocycles. The van der Waals surface area contributed by atoms with Gasteiger partial charge in [-0.25, -0.2) is 9.97 Å². The van der Waals surface area contributed by atoms with Gasteiger partial charge in [-0.3, -0.25) is 4.40 Å². The molecule has 126 valence electrons. The van der Waals surface area contributed by atoms with Gasteiger partial charge in [0.05, 0.1) is 17.1 Å². The molecule has 3 nitrogen and oxygen atoms in total. The molecule has 3 aromatic heterocycles. The van der Waals surface area contributed by atoms with Crippen molar-refractivity contribution < 1.29 is 0 Å². The van der Waals surface area contributed by atoms with E-state index in [-0.39, 0.29) is 0 Å². The lowest BCUT2D eigenvalue weighted by atomic mass is 10.2. The Morgan fingerprint density at radius 3 is 2.35 bits per heavy atom. The van der Waals surface area contributed by atoms with Crippen LogP contribution in [0, 0.1) is 0 Å². The minimum absolute atomic E-state index is 0.732. The van der Waals surface area contributed by atoms with E-state index in [9.17, 15) is 0 Å². The third-order valence-electron chi connectivity index (χ3n) is 4.14. The van der Waals surface area contributed by atoms with Gasteiger partial charge < -0.3 is 0 Å². The zero-order chi connectivity index (χ0) is 17.5. The number of thiazole rings is 2. The molecule has 0 amide bonds. The van der Waals surface area contributed by atoms with Gasteiger partial charge in [-0.05, 0) is 12.1 Å². The number of imidazole rings is 1. The Morgan fingerprint density at radius 2 is 1.54 bits per heavy atom. The summed E-state index contributed by atoms with van der Waals surface area (Å²) in [6.45, 7) is 0. The third-order valence-corrected chi connectivity index (χ3v) is 6.10. The van der Waals surface area contributed by atoms with Gasteiger partial charge in [-0.15, -0.1) is 22.7 Å². The number of hydrogen-bond donors (Lipinski definition) is 0. The van der Waals surface area contributed by atoms with Crippen LogP contribution in [0.2, 0.25) is 5.02 Å². The molecule has 0 N–H and O–H groups in total. The molecular weight excluding hydrogens is 382 g/mol. The first-order chi connectivity index (χ1) is 12.8. The fourth-order valence-corrected chi connectivity index (χ4v) is 4.73. The smallest absolute Gasteiger partial charge is 0.194 e. The molecule has 5 aromatic rings. The molecule has 0 radical (unpaired) electrons. The Bertz CT molecular complexity index is 1190. The minimum atomic E-state index is 0.732. The summed E-state index contributed by atoms with van der Waals surface area (Å²) in [6, 6.07) is 18.0. The molecule has 0 unspecified atom stereocenters. The van der Waals surface area contributed by atoms with Gasteiger partial charge in [0.15, 0.2) is 4.96 Å². The summed E-state index contributed by atoms with van der Waals surface area (Å²) in [5, 5.41) is 5.91. The fourth-order valence-electron chi connectivity index (χ4n) is 2.83. The Kier molecular flexibility index (Phi) is 3.85. The standard InChI is InChI=1S/C20H12ClN3S2/c21-15-8-6-14(7-9-15)17-11-25-19(22-17)18-12-26-20-23-16(10-24(18)20)13-4-2-1-3-5-13/h1-12H. The van der Waals surface area contributed by atoms with E-state index in [4.69, 9.17) is 21.6 Å². The van der Waals surface area contributed by atoms with Crippen molar-refractivity contribution in [1.29, 1.82) is 0 Å². The molecule has 0 atom stereocenters. The van der Waals surface area contributed by atoms with Crippen molar-refractivity contribution in [1.82, 2.24) is 14.4 Å². The van der Waals surface area contributed by atoms with Gasteiger partial charge in [0.1, 0.15) is 5.01 Å². The van der Waals surface area contributed by atoms with Crippen LogP contribution < -0.4 is 0 Å². The van der Waals surface area contributed by atoms with E-state index in [0.29, 0.717) is 0 Å². The molecule has 0 aliphatic rings. The zero-order valence-corrected chi connectivity index (χ0v) is 15.9. The first kappa shape index (κ1) is 15.8. The van der Waals surface area contributed by atoms with Crippen LogP contribution in [0.25, 0.3) is 38.2 Å². The van der Waals surface area contributed by atoms with Gasteiger partial charge in [0.2, 0.25) is 0 Å². The van der Waals surface area contributed by atoms with Crippen LogP contribution >= 0.6 is 34.3 Å². The van der Waals surface area contributed by atoms with Crippen molar-refractivity contribution in [2.75, 3.05) is 0 Å². The maximum absolute atomic E-state index is 5.98. The normalized spacial score (nSPS) is 11.3. The number of benzene rings is 2. The van der Waals surface area contributed by atoms with Crippen LogP contribution in [0.3, 0.4) is 0 Å². The largest absolute Gasteiger partial charge is 0.287 e. The van der Waals surface area contributed by atoms with Crippen molar-refractivity contribution >= 4 is 39.2 Å². The number of nitrogens with zero attached hydrogens (tertiary/aromatic N) is 3. The Labute approximate surface area is 163 Å². The van der Waals surface area contributed by atoms with Crippen LogP contribution in [0.15, 0.2) is 71.6 Å². The Morgan fingerprint density at radius 1 is 0.769 bits per heavy atom. The molecule has 2 aromatic carbocycles. The van der Waals surface area contributed by atoms with E-state index in [1.165, 1.54) is 0 Å². The summed E-state index contributed by atoms with van der Waals surface area (Å²) in [5.74, 6) is 0. The van der Waals surface area contributed by atoms with Crippen molar-refractivity contribution in [2.24, 2.45) is 0 Å². The molecule has 3 heterocycles. The van der Waals surface area contributed by atoms with E-state index in [1.54, 1.807) is 22.7 Å². The van der Waals surface area contributed by atoms with Crippen LogP contribution in [0.5, 0.6) is 0 Å². The SMILES string of the molecule is Clc1ccc(-c2csc(-c3csc4nc(-c5ccccc5)cn34)n2)cc1. The second-order valence-electron chi connectivity index (χ2n) is 5.81. The molecule has 0 aliphatic carbocycles. The summed E-state index contributed by atoms with van der Waals surface area (Å²) >= 11 is 9.25.